The van der Waals surface area contributed by atoms with Crippen LogP contribution >= 0.6 is 11.6 Å². The fourth-order valence-corrected chi connectivity index (χ4v) is 2.25. The van der Waals surface area contributed by atoms with E-state index in [0.717, 1.165) is 6.42 Å². The van der Waals surface area contributed by atoms with Crippen molar-refractivity contribution in [3.63, 3.8) is 0 Å². The van der Waals surface area contributed by atoms with Crippen LogP contribution in [0.2, 0.25) is 5.02 Å². The monoisotopic (exact) mass is 363 g/mol. The molecule has 0 bridgehead atoms. The summed E-state index contributed by atoms with van der Waals surface area (Å²) in [5.74, 6) is 1.14. The highest BCUT2D eigenvalue weighted by molar-refractivity contribution is 6.32. The number of ether oxygens (including phenoxy) is 1. The summed E-state index contributed by atoms with van der Waals surface area (Å²) in [6.07, 6.45) is 2.79. The number of hydrogen-bond acceptors (Lipinski definition) is 7. The highest BCUT2D eigenvalue weighted by Gasteiger charge is 2.09. The van der Waals surface area contributed by atoms with Crippen LogP contribution in [0.1, 0.15) is 12.3 Å². The standard InChI is InChI=1S/C16H15ClFN5O2/c1-24-16-20-9-12(17)15(22-16)19-8-2-3-13-21-14(23-25-13)10-4-6-11(18)7-5-10/h4-7,9H,2-3,8H2,1H3,(H,19,20,22). The van der Waals surface area contributed by atoms with Gasteiger partial charge in [0.05, 0.1) is 13.3 Å². The van der Waals surface area contributed by atoms with E-state index in [0.29, 0.717) is 41.1 Å². The molecule has 25 heavy (non-hydrogen) atoms. The molecule has 0 saturated carbocycles. The van der Waals surface area contributed by atoms with E-state index >= 15 is 0 Å². The van der Waals surface area contributed by atoms with Gasteiger partial charge in [0.15, 0.2) is 5.82 Å². The van der Waals surface area contributed by atoms with Gasteiger partial charge in [-0.25, -0.2) is 9.37 Å². The van der Waals surface area contributed by atoms with Gasteiger partial charge in [0.1, 0.15) is 10.8 Å². The third-order valence-electron chi connectivity index (χ3n) is 3.33. The predicted molar refractivity (Wildman–Crippen MR) is 90.1 cm³/mol. The van der Waals surface area contributed by atoms with Crippen LogP contribution in [-0.2, 0) is 6.42 Å². The van der Waals surface area contributed by atoms with Crippen LogP contribution in [0.3, 0.4) is 0 Å². The Morgan fingerprint density at radius 3 is 2.80 bits per heavy atom. The molecule has 0 unspecified atom stereocenters. The van der Waals surface area contributed by atoms with Gasteiger partial charge in [0, 0.05) is 18.5 Å². The minimum Gasteiger partial charge on any atom is -0.467 e. The molecule has 9 heteroatoms. The van der Waals surface area contributed by atoms with Gasteiger partial charge >= 0.3 is 6.01 Å². The number of halogens is 2. The predicted octanol–water partition coefficient (Wildman–Crippen LogP) is 3.37. The molecule has 1 N–H and O–H groups in total. The first-order valence-corrected chi connectivity index (χ1v) is 7.92. The fraction of sp³-hybridized carbons (Fsp3) is 0.250. The zero-order valence-electron chi connectivity index (χ0n) is 13.4. The first-order valence-electron chi connectivity index (χ1n) is 7.54. The van der Waals surface area contributed by atoms with Gasteiger partial charge in [-0.2, -0.15) is 9.97 Å². The Labute approximate surface area is 148 Å². The number of aryl methyl sites for hydroxylation is 1. The van der Waals surface area contributed by atoms with E-state index in [1.807, 2.05) is 0 Å². The number of anilines is 1. The highest BCUT2D eigenvalue weighted by Crippen LogP contribution is 2.20. The van der Waals surface area contributed by atoms with Crippen molar-refractivity contribution in [3.05, 3.63) is 47.2 Å². The van der Waals surface area contributed by atoms with Crippen LogP contribution < -0.4 is 10.1 Å². The number of hydrogen-bond donors (Lipinski definition) is 1. The second-order valence-corrected chi connectivity index (χ2v) is 5.51. The van der Waals surface area contributed by atoms with E-state index in [-0.39, 0.29) is 11.8 Å². The van der Waals surface area contributed by atoms with Crippen molar-refractivity contribution < 1.29 is 13.7 Å². The lowest BCUT2D eigenvalue weighted by Gasteiger charge is -2.07. The normalized spacial score (nSPS) is 10.7. The Morgan fingerprint density at radius 1 is 1.24 bits per heavy atom. The summed E-state index contributed by atoms with van der Waals surface area (Å²) < 4.78 is 23.1. The average molecular weight is 364 g/mol. The van der Waals surface area contributed by atoms with Crippen molar-refractivity contribution in [2.24, 2.45) is 0 Å². The molecule has 0 fully saturated rings. The van der Waals surface area contributed by atoms with Crippen LogP contribution in [0.15, 0.2) is 35.0 Å². The zero-order valence-corrected chi connectivity index (χ0v) is 14.1. The van der Waals surface area contributed by atoms with E-state index < -0.39 is 0 Å². The number of benzene rings is 1. The Kier molecular flexibility index (Phi) is 5.39. The molecule has 0 radical (unpaired) electrons. The minimum atomic E-state index is -0.307. The molecule has 7 nitrogen and oxygen atoms in total. The van der Waals surface area contributed by atoms with E-state index in [1.54, 1.807) is 12.1 Å². The largest absolute Gasteiger partial charge is 0.467 e. The molecule has 0 saturated heterocycles. The fourth-order valence-electron chi connectivity index (χ4n) is 2.09. The van der Waals surface area contributed by atoms with Crippen LogP contribution in [-0.4, -0.2) is 33.8 Å². The van der Waals surface area contributed by atoms with Gasteiger partial charge in [0.2, 0.25) is 11.7 Å². The molecule has 0 amide bonds. The number of rotatable bonds is 7. The molecule has 0 aliphatic carbocycles. The summed E-state index contributed by atoms with van der Waals surface area (Å²) in [7, 11) is 1.49. The first-order chi connectivity index (χ1) is 12.2. The molecular formula is C16H15ClFN5O2. The maximum atomic E-state index is 12.9. The Bertz CT molecular complexity index is 841. The molecule has 1 aromatic carbocycles. The van der Waals surface area contributed by atoms with Gasteiger partial charge in [-0.3, -0.25) is 0 Å². The molecule has 0 spiro atoms. The Hall–Kier alpha value is -2.74. The molecule has 3 rings (SSSR count). The van der Waals surface area contributed by atoms with E-state index in [1.165, 1.54) is 25.4 Å². The van der Waals surface area contributed by atoms with Crippen molar-refractivity contribution in [1.29, 1.82) is 0 Å². The second-order valence-electron chi connectivity index (χ2n) is 5.10. The third kappa shape index (κ3) is 4.42. The van der Waals surface area contributed by atoms with E-state index in [4.69, 9.17) is 20.9 Å². The average Bonchev–Trinajstić information content (AvgIpc) is 3.09. The molecule has 2 heterocycles. The smallest absolute Gasteiger partial charge is 0.318 e. The maximum absolute atomic E-state index is 12.9. The number of nitrogens with one attached hydrogen (secondary N) is 1. The number of aromatic nitrogens is 4. The zero-order chi connectivity index (χ0) is 17.6. The summed E-state index contributed by atoms with van der Waals surface area (Å²) in [5.41, 5.74) is 0.703. The summed E-state index contributed by atoms with van der Waals surface area (Å²) in [6.45, 7) is 0.605. The van der Waals surface area contributed by atoms with E-state index in [2.05, 4.69) is 25.4 Å². The van der Waals surface area contributed by atoms with Gasteiger partial charge < -0.3 is 14.6 Å². The molecule has 0 aliphatic rings. The lowest BCUT2D eigenvalue weighted by molar-refractivity contribution is 0.376. The lowest BCUT2D eigenvalue weighted by atomic mass is 10.2. The van der Waals surface area contributed by atoms with Crippen molar-refractivity contribution in [3.8, 4) is 17.4 Å². The van der Waals surface area contributed by atoms with Crippen LogP contribution in [0.25, 0.3) is 11.4 Å². The Morgan fingerprint density at radius 2 is 2.04 bits per heavy atom. The summed E-state index contributed by atoms with van der Waals surface area (Å²) in [4.78, 5) is 12.3. The minimum absolute atomic E-state index is 0.243. The van der Waals surface area contributed by atoms with Crippen molar-refractivity contribution in [2.75, 3.05) is 19.0 Å². The van der Waals surface area contributed by atoms with Gasteiger partial charge in [-0.05, 0) is 30.7 Å². The topological polar surface area (TPSA) is 86.0 Å². The van der Waals surface area contributed by atoms with Gasteiger partial charge in [-0.15, -0.1) is 0 Å². The molecule has 0 atom stereocenters. The maximum Gasteiger partial charge on any atom is 0.318 e. The van der Waals surface area contributed by atoms with Crippen molar-refractivity contribution >= 4 is 17.4 Å². The van der Waals surface area contributed by atoms with Crippen LogP contribution in [0.4, 0.5) is 10.2 Å². The molecule has 2 aromatic heterocycles. The molecule has 0 aliphatic heterocycles. The van der Waals surface area contributed by atoms with Crippen molar-refractivity contribution in [1.82, 2.24) is 20.1 Å². The molecular weight excluding hydrogens is 349 g/mol. The van der Waals surface area contributed by atoms with Gasteiger partial charge in [-0.1, -0.05) is 16.8 Å². The van der Waals surface area contributed by atoms with E-state index in [9.17, 15) is 4.39 Å². The quantitative estimate of drug-likeness (QED) is 0.644. The van der Waals surface area contributed by atoms with Crippen molar-refractivity contribution in [2.45, 2.75) is 12.8 Å². The SMILES string of the molecule is COc1ncc(Cl)c(NCCCc2nc(-c3ccc(F)cc3)no2)n1. The molecule has 3 aromatic rings. The number of nitrogens with zero attached hydrogens (tertiary/aromatic N) is 4. The van der Waals surface area contributed by atoms with Crippen LogP contribution in [0, 0.1) is 5.82 Å². The van der Waals surface area contributed by atoms with Gasteiger partial charge in [0.25, 0.3) is 0 Å². The second kappa shape index (κ2) is 7.89. The first kappa shape index (κ1) is 17.1. The molecule has 130 valence electrons. The lowest BCUT2D eigenvalue weighted by Crippen LogP contribution is -2.06. The Balaban J connectivity index is 1.52. The third-order valence-corrected chi connectivity index (χ3v) is 3.61. The number of methoxy groups -OCH3 is 1. The summed E-state index contributed by atoms with van der Waals surface area (Å²) in [6, 6.07) is 6.17. The van der Waals surface area contributed by atoms with Crippen LogP contribution in [0.5, 0.6) is 6.01 Å². The summed E-state index contributed by atoms with van der Waals surface area (Å²) >= 11 is 6.02. The summed E-state index contributed by atoms with van der Waals surface area (Å²) in [5, 5.41) is 7.42. The highest BCUT2D eigenvalue weighted by atomic mass is 35.5.